The molecule has 0 N–H and O–H groups in total. The van der Waals surface area contributed by atoms with Gasteiger partial charge in [0.05, 0.1) is 11.3 Å². The molecule has 1 fully saturated rings. The predicted octanol–water partition coefficient (Wildman–Crippen LogP) is 4.57. The first kappa shape index (κ1) is 22.8. The zero-order valence-corrected chi connectivity index (χ0v) is 19.7. The molecule has 3 aromatic rings. The molecule has 1 aliphatic rings. The molecule has 172 valence electrons. The lowest BCUT2D eigenvalue weighted by Crippen LogP contribution is -2.44. The summed E-state index contributed by atoms with van der Waals surface area (Å²) in [5, 5.41) is 4.80. The largest absolute Gasteiger partial charge is 0.343 e. The normalized spacial score (nSPS) is 14.3. The summed E-state index contributed by atoms with van der Waals surface area (Å²) in [6.45, 7) is 8.69. The quantitative estimate of drug-likeness (QED) is 0.560. The first-order valence-corrected chi connectivity index (χ1v) is 11.8. The average molecular weight is 445 g/mol. The van der Waals surface area contributed by atoms with Gasteiger partial charge < -0.3 is 9.80 Å². The second-order valence-electron chi connectivity index (χ2n) is 8.62. The van der Waals surface area contributed by atoms with Gasteiger partial charge in [-0.1, -0.05) is 42.0 Å². The number of amides is 2. The Balaban J connectivity index is 1.60. The highest BCUT2D eigenvalue weighted by molar-refractivity contribution is 6.00. The van der Waals surface area contributed by atoms with Crippen molar-refractivity contribution in [3.63, 3.8) is 0 Å². The third-order valence-corrected chi connectivity index (χ3v) is 6.46. The molecular formula is C27H32N4O2. The first-order valence-electron chi connectivity index (χ1n) is 11.8. The van der Waals surface area contributed by atoms with Crippen molar-refractivity contribution in [3.05, 3.63) is 71.9 Å². The van der Waals surface area contributed by atoms with Crippen molar-refractivity contribution in [2.24, 2.45) is 5.92 Å². The fraction of sp³-hybridized carbons (Fsp3) is 0.370. The minimum absolute atomic E-state index is 0.00256. The van der Waals surface area contributed by atoms with Crippen LogP contribution in [-0.2, 0) is 4.79 Å². The highest BCUT2D eigenvalue weighted by atomic mass is 16.2. The number of carbonyl (C=O) groups is 2. The van der Waals surface area contributed by atoms with E-state index in [2.05, 4.69) is 6.07 Å². The molecule has 0 aliphatic carbocycles. The molecule has 1 aliphatic heterocycles. The van der Waals surface area contributed by atoms with Crippen molar-refractivity contribution < 1.29 is 9.59 Å². The van der Waals surface area contributed by atoms with Gasteiger partial charge in [0.15, 0.2) is 0 Å². The molecule has 0 bridgehead atoms. The monoisotopic (exact) mass is 444 g/mol. The summed E-state index contributed by atoms with van der Waals surface area (Å²) in [4.78, 5) is 30.1. The zero-order chi connectivity index (χ0) is 23.4. The van der Waals surface area contributed by atoms with Crippen molar-refractivity contribution in [1.29, 1.82) is 0 Å². The SMILES string of the molecule is CCN(CC)C(=O)C1CCN(C(=O)c2cn(-c3ccccc3)nc2-c2cccc(C)c2)CC1. The van der Waals surface area contributed by atoms with Crippen molar-refractivity contribution in [2.45, 2.75) is 33.6 Å². The molecule has 0 radical (unpaired) electrons. The smallest absolute Gasteiger partial charge is 0.257 e. The van der Waals surface area contributed by atoms with Crippen LogP contribution in [0.5, 0.6) is 0 Å². The van der Waals surface area contributed by atoms with Gasteiger partial charge >= 0.3 is 0 Å². The van der Waals surface area contributed by atoms with Gasteiger partial charge in [0.2, 0.25) is 5.91 Å². The Hall–Kier alpha value is -3.41. The minimum Gasteiger partial charge on any atom is -0.343 e. The molecule has 2 amide bonds. The Labute approximate surface area is 195 Å². The number of nitrogens with zero attached hydrogens (tertiary/aromatic N) is 4. The molecule has 2 aromatic carbocycles. The molecule has 0 unspecified atom stereocenters. The Kier molecular flexibility index (Phi) is 6.92. The lowest BCUT2D eigenvalue weighted by molar-refractivity contribution is -0.136. The fourth-order valence-electron chi connectivity index (χ4n) is 4.54. The number of para-hydroxylation sites is 1. The fourth-order valence-corrected chi connectivity index (χ4v) is 4.54. The van der Waals surface area contributed by atoms with Crippen molar-refractivity contribution in [2.75, 3.05) is 26.2 Å². The molecule has 0 atom stereocenters. The van der Waals surface area contributed by atoms with Crippen molar-refractivity contribution >= 4 is 11.8 Å². The van der Waals surface area contributed by atoms with Gasteiger partial charge in [0.1, 0.15) is 5.69 Å². The van der Waals surface area contributed by atoms with E-state index in [-0.39, 0.29) is 17.7 Å². The van der Waals surface area contributed by atoms with E-state index in [4.69, 9.17) is 5.10 Å². The first-order chi connectivity index (χ1) is 16.0. The van der Waals surface area contributed by atoms with Gasteiger partial charge in [-0.15, -0.1) is 0 Å². The number of benzene rings is 2. The number of aromatic nitrogens is 2. The maximum absolute atomic E-state index is 13.6. The van der Waals surface area contributed by atoms with Gasteiger partial charge in [0.25, 0.3) is 5.91 Å². The Morgan fingerprint density at radius 1 is 1.00 bits per heavy atom. The second kappa shape index (κ2) is 10.0. The summed E-state index contributed by atoms with van der Waals surface area (Å²) in [6.07, 6.45) is 3.24. The van der Waals surface area contributed by atoms with Crippen LogP contribution in [0.3, 0.4) is 0 Å². The van der Waals surface area contributed by atoms with E-state index in [1.165, 1.54) is 0 Å². The average Bonchev–Trinajstić information content (AvgIpc) is 3.30. The van der Waals surface area contributed by atoms with Crippen LogP contribution in [-0.4, -0.2) is 57.6 Å². The third-order valence-electron chi connectivity index (χ3n) is 6.46. The van der Waals surface area contributed by atoms with Crippen LogP contribution in [0.25, 0.3) is 16.9 Å². The van der Waals surface area contributed by atoms with E-state index in [1.807, 2.05) is 85.3 Å². The molecule has 0 saturated carbocycles. The van der Waals surface area contributed by atoms with Crippen LogP contribution in [0, 0.1) is 12.8 Å². The zero-order valence-electron chi connectivity index (χ0n) is 19.7. The van der Waals surface area contributed by atoms with Gasteiger partial charge in [-0.25, -0.2) is 4.68 Å². The molecule has 6 heteroatoms. The summed E-state index contributed by atoms with van der Waals surface area (Å²) in [5.74, 6) is 0.184. The highest BCUT2D eigenvalue weighted by Crippen LogP contribution is 2.28. The van der Waals surface area contributed by atoms with E-state index in [0.29, 0.717) is 37.2 Å². The number of hydrogen-bond donors (Lipinski definition) is 0. The standard InChI is InChI=1S/C27H32N4O2/c1-4-29(5-2)26(32)21-14-16-30(17-15-21)27(33)24-19-31(23-12-7-6-8-13-23)28-25(24)22-11-9-10-20(3)18-22/h6-13,18-19,21H,4-5,14-17H2,1-3H3. The van der Waals surface area contributed by atoms with Crippen LogP contribution < -0.4 is 0 Å². The molecule has 4 rings (SSSR count). The number of rotatable bonds is 6. The van der Waals surface area contributed by atoms with E-state index in [1.54, 1.807) is 4.68 Å². The predicted molar refractivity (Wildman–Crippen MR) is 130 cm³/mol. The van der Waals surface area contributed by atoms with Crippen LogP contribution >= 0.6 is 0 Å². The molecule has 2 heterocycles. The Morgan fingerprint density at radius 3 is 2.33 bits per heavy atom. The molecule has 33 heavy (non-hydrogen) atoms. The highest BCUT2D eigenvalue weighted by Gasteiger charge is 2.31. The van der Waals surface area contributed by atoms with Crippen LogP contribution in [0.1, 0.15) is 42.6 Å². The number of piperidine rings is 1. The van der Waals surface area contributed by atoms with E-state index < -0.39 is 0 Å². The Morgan fingerprint density at radius 2 is 1.70 bits per heavy atom. The Bertz CT molecular complexity index is 1110. The minimum atomic E-state index is -0.0255. The lowest BCUT2D eigenvalue weighted by Gasteiger charge is -2.33. The maximum Gasteiger partial charge on any atom is 0.257 e. The van der Waals surface area contributed by atoms with Gasteiger partial charge in [0, 0.05) is 43.9 Å². The number of aryl methyl sites for hydroxylation is 1. The van der Waals surface area contributed by atoms with Crippen LogP contribution in [0.15, 0.2) is 60.8 Å². The molecule has 1 aromatic heterocycles. The summed E-state index contributed by atoms with van der Waals surface area (Å²) >= 11 is 0. The van der Waals surface area contributed by atoms with Gasteiger partial charge in [-0.3, -0.25) is 9.59 Å². The second-order valence-corrected chi connectivity index (χ2v) is 8.62. The van der Waals surface area contributed by atoms with Crippen LogP contribution in [0.2, 0.25) is 0 Å². The van der Waals surface area contributed by atoms with Gasteiger partial charge in [-0.2, -0.15) is 5.10 Å². The summed E-state index contributed by atoms with van der Waals surface area (Å²) in [5.41, 5.74) is 4.25. The molecular weight excluding hydrogens is 412 g/mol. The van der Waals surface area contributed by atoms with E-state index in [0.717, 1.165) is 29.9 Å². The maximum atomic E-state index is 13.6. The van der Waals surface area contributed by atoms with E-state index in [9.17, 15) is 9.59 Å². The molecule has 0 spiro atoms. The molecule has 1 saturated heterocycles. The number of carbonyl (C=O) groups excluding carboxylic acids is 2. The summed E-state index contributed by atoms with van der Waals surface area (Å²) in [6, 6.07) is 17.9. The van der Waals surface area contributed by atoms with Crippen molar-refractivity contribution in [1.82, 2.24) is 19.6 Å². The molecule has 6 nitrogen and oxygen atoms in total. The van der Waals surface area contributed by atoms with Crippen LogP contribution in [0.4, 0.5) is 0 Å². The number of hydrogen-bond acceptors (Lipinski definition) is 3. The topological polar surface area (TPSA) is 58.4 Å². The number of likely N-dealkylation sites (tertiary alicyclic amines) is 1. The third kappa shape index (κ3) is 4.85. The summed E-state index contributed by atoms with van der Waals surface area (Å²) < 4.78 is 1.78. The lowest BCUT2D eigenvalue weighted by atomic mass is 9.94. The van der Waals surface area contributed by atoms with Gasteiger partial charge in [-0.05, 0) is 51.8 Å². The van der Waals surface area contributed by atoms with E-state index >= 15 is 0 Å². The summed E-state index contributed by atoms with van der Waals surface area (Å²) in [7, 11) is 0. The van der Waals surface area contributed by atoms with Crippen molar-refractivity contribution in [3.8, 4) is 16.9 Å².